The lowest BCUT2D eigenvalue weighted by atomic mass is 10.1. The van der Waals surface area contributed by atoms with Gasteiger partial charge in [-0.1, -0.05) is 18.2 Å². The fourth-order valence-electron chi connectivity index (χ4n) is 4.50. The molecule has 3 aliphatic heterocycles. The van der Waals surface area contributed by atoms with Gasteiger partial charge in [-0.3, -0.25) is 9.59 Å². The zero-order chi connectivity index (χ0) is 18.3. The van der Waals surface area contributed by atoms with E-state index in [4.69, 9.17) is 0 Å². The number of thioether (sulfide) groups is 1. The summed E-state index contributed by atoms with van der Waals surface area (Å²) in [6.45, 7) is 4.87. The van der Waals surface area contributed by atoms with Crippen LogP contribution in [-0.2, 0) is 16.1 Å². The zero-order valence-corrected chi connectivity index (χ0v) is 16.4. The molecule has 5 nitrogen and oxygen atoms in total. The number of nitrogens with zero attached hydrogens (tertiary/aromatic N) is 3. The molecule has 0 N–H and O–H groups in total. The Hall–Kier alpha value is -1.69. The van der Waals surface area contributed by atoms with Crippen LogP contribution >= 0.6 is 11.8 Å². The third-order valence-corrected chi connectivity index (χ3v) is 7.46. The maximum absolute atomic E-state index is 13.1. The van der Waals surface area contributed by atoms with Crippen LogP contribution < -0.4 is 4.90 Å². The van der Waals surface area contributed by atoms with E-state index in [1.54, 1.807) is 16.7 Å². The summed E-state index contributed by atoms with van der Waals surface area (Å²) in [5.74, 6) is 0.897. The Kier molecular flexibility index (Phi) is 4.63. The molecule has 0 aliphatic carbocycles. The van der Waals surface area contributed by atoms with E-state index in [0.29, 0.717) is 18.7 Å². The van der Waals surface area contributed by atoms with Gasteiger partial charge in [0, 0.05) is 44.5 Å². The summed E-state index contributed by atoms with van der Waals surface area (Å²) in [7, 11) is 1.87. The second-order valence-electron chi connectivity index (χ2n) is 7.78. The first kappa shape index (κ1) is 17.7. The van der Waals surface area contributed by atoms with Crippen LogP contribution in [0.4, 0.5) is 5.69 Å². The van der Waals surface area contributed by atoms with Gasteiger partial charge in [0.25, 0.3) is 0 Å². The van der Waals surface area contributed by atoms with Crippen LogP contribution in [0.2, 0.25) is 0 Å². The molecule has 3 aliphatic rings. The number of likely N-dealkylation sites (N-methyl/N-ethyl adjacent to an activating group) is 1. The number of benzene rings is 1. The Morgan fingerprint density at radius 1 is 1.31 bits per heavy atom. The first-order valence-corrected chi connectivity index (χ1v) is 10.5. The number of hydrogen-bond acceptors (Lipinski definition) is 4. The molecule has 3 saturated heterocycles. The van der Waals surface area contributed by atoms with E-state index >= 15 is 0 Å². The van der Waals surface area contributed by atoms with E-state index < -0.39 is 0 Å². The van der Waals surface area contributed by atoms with Gasteiger partial charge in [0.15, 0.2) is 0 Å². The van der Waals surface area contributed by atoms with Gasteiger partial charge < -0.3 is 14.7 Å². The summed E-state index contributed by atoms with van der Waals surface area (Å²) in [6.07, 6.45) is 3.88. The standard InChI is InChI=1S/C20H27N3O2S/c1-20-10-9-18(24)23(20)17(14-26-20)19(25)21(2)13-15-7-3-4-8-16(15)22-11-5-6-12-22/h3-4,7-8,17H,5-6,9-14H2,1-2H3. The van der Waals surface area contributed by atoms with Crippen molar-refractivity contribution >= 4 is 29.3 Å². The van der Waals surface area contributed by atoms with Crippen LogP contribution in [0.5, 0.6) is 0 Å². The maximum atomic E-state index is 13.1. The molecule has 0 saturated carbocycles. The number of fused-ring (bicyclic) bond motifs is 1. The summed E-state index contributed by atoms with van der Waals surface area (Å²) in [6, 6.07) is 8.07. The molecule has 3 fully saturated rings. The Morgan fingerprint density at radius 3 is 2.81 bits per heavy atom. The third-order valence-electron chi connectivity index (χ3n) is 5.95. The van der Waals surface area contributed by atoms with E-state index in [-0.39, 0.29) is 22.7 Å². The molecule has 0 bridgehead atoms. The van der Waals surface area contributed by atoms with Crippen molar-refractivity contribution in [3.63, 3.8) is 0 Å². The topological polar surface area (TPSA) is 43.9 Å². The molecule has 26 heavy (non-hydrogen) atoms. The second-order valence-corrected chi connectivity index (χ2v) is 9.28. The number of anilines is 1. The first-order valence-electron chi connectivity index (χ1n) is 9.53. The lowest BCUT2D eigenvalue weighted by molar-refractivity contribution is -0.143. The molecular weight excluding hydrogens is 346 g/mol. The molecule has 2 atom stereocenters. The zero-order valence-electron chi connectivity index (χ0n) is 15.6. The molecule has 1 aromatic carbocycles. The smallest absolute Gasteiger partial charge is 0.246 e. The molecule has 6 heteroatoms. The number of para-hydroxylation sites is 1. The van der Waals surface area contributed by atoms with Gasteiger partial charge in [0.05, 0.1) is 4.87 Å². The average molecular weight is 374 g/mol. The van der Waals surface area contributed by atoms with Gasteiger partial charge in [-0.2, -0.15) is 0 Å². The molecule has 2 amide bonds. The lowest BCUT2D eigenvalue weighted by Crippen LogP contribution is -2.50. The van der Waals surface area contributed by atoms with Gasteiger partial charge >= 0.3 is 0 Å². The Morgan fingerprint density at radius 2 is 2.04 bits per heavy atom. The SMILES string of the molecule is CN(Cc1ccccc1N1CCCC1)C(=O)C1CSC2(C)CCC(=O)N12. The summed E-state index contributed by atoms with van der Waals surface area (Å²) in [5, 5.41) is 0. The van der Waals surface area contributed by atoms with Crippen molar-refractivity contribution < 1.29 is 9.59 Å². The van der Waals surface area contributed by atoms with Crippen molar-refractivity contribution in [1.29, 1.82) is 0 Å². The number of carbonyl (C=O) groups excluding carboxylic acids is 2. The van der Waals surface area contributed by atoms with Crippen LogP contribution in [0.1, 0.15) is 38.2 Å². The fraction of sp³-hybridized carbons (Fsp3) is 0.600. The quantitative estimate of drug-likeness (QED) is 0.814. The Bertz CT molecular complexity index is 719. The second kappa shape index (κ2) is 6.80. The molecule has 3 heterocycles. The number of carbonyl (C=O) groups is 2. The van der Waals surface area contributed by atoms with E-state index in [2.05, 4.69) is 30.0 Å². The van der Waals surface area contributed by atoms with Gasteiger partial charge in [-0.05, 0) is 37.8 Å². The third kappa shape index (κ3) is 2.98. The summed E-state index contributed by atoms with van der Waals surface area (Å²) < 4.78 is 0. The summed E-state index contributed by atoms with van der Waals surface area (Å²) in [5.41, 5.74) is 2.43. The van der Waals surface area contributed by atoms with Crippen LogP contribution in [0, 0.1) is 0 Å². The highest BCUT2D eigenvalue weighted by Gasteiger charge is 2.53. The minimum atomic E-state index is -0.316. The number of amides is 2. The maximum Gasteiger partial charge on any atom is 0.246 e. The van der Waals surface area contributed by atoms with Crippen molar-refractivity contribution in [2.24, 2.45) is 0 Å². The van der Waals surface area contributed by atoms with E-state index in [0.717, 1.165) is 19.5 Å². The van der Waals surface area contributed by atoms with E-state index in [9.17, 15) is 9.59 Å². The molecular formula is C20H27N3O2S. The van der Waals surface area contributed by atoms with Gasteiger partial charge in [-0.15, -0.1) is 11.8 Å². The van der Waals surface area contributed by atoms with Crippen LogP contribution in [0.15, 0.2) is 24.3 Å². The molecule has 140 valence electrons. The highest BCUT2D eigenvalue weighted by molar-refractivity contribution is 8.01. The number of hydrogen-bond donors (Lipinski definition) is 0. The minimum Gasteiger partial charge on any atom is -0.371 e. The first-order chi connectivity index (χ1) is 12.5. The van der Waals surface area contributed by atoms with E-state index in [1.165, 1.54) is 24.1 Å². The highest BCUT2D eigenvalue weighted by atomic mass is 32.2. The largest absolute Gasteiger partial charge is 0.371 e. The molecule has 0 aromatic heterocycles. The van der Waals surface area contributed by atoms with E-state index in [1.807, 2.05) is 18.0 Å². The summed E-state index contributed by atoms with van der Waals surface area (Å²) >= 11 is 1.75. The van der Waals surface area contributed by atoms with Crippen LogP contribution in [0.25, 0.3) is 0 Å². The predicted molar refractivity (Wildman–Crippen MR) is 105 cm³/mol. The van der Waals surface area contributed by atoms with Crippen molar-refractivity contribution in [3.8, 4) is 0 Å². The molecule has 2 unspecified atom stereocenters. The monoisotopic (exact) mass is 373 g/mol. The van der Waals surface area contributed by atoms with Crippen molar-refractivity contribution in [1.82, 2.24) is 9.80 Å². The van der Waals surface area contributed by atoms with Crippen molar-refractivity contribution in [2.75, 3.05) is 30.8 Å². The van der Waals surface area contributed by atoms with Gasteiger partial charge in [0.2, 0.25) is 11.8 Å². The Labute approximate surface area is 159 Å². The molecule has 0 spiro atoms. The Balaban J connectivity index is 1.50. The molecule has 0 radical (unpaired) electrons. The fourth-order valence-corrected chi connectivity index (χ4v) is 5.93. The number of rotatable bonds is 4. The van der Waals surface area contributed by atoms with Crippen molar-refractivity contribution in [2.45, 2.75) is 50.1 Å². The van der Waals surface area contributed by atoms with Crippen molar-refractivity contribution in [3.05, 3.63) is 29.8 Å². The van der Waals surface area contributed by atoms with Crippen LogP contribution in [0.3, 0.4) is 0 Å². The lowest BCUT2D eigenvalue weighted by Gasteiger charge is -2.32. The van der Waals surface area contributed by atoms with Crippen LogP contribution in [-0.4, -0.2) is 58.4 Å². The van der Waals surface area contributed by atoms with Gasteiger partial charge in [0.1, 0.15) is 6.04 Å². The molecule has 1 aromatic rings. The molecule has 4 rings (SSSR count). The summed E-state index contributed by atoms with van der Waals surface area (Å²) in [4.78, 5) is 31.3. The van der Waals surface area contributed by atoms with Gasteiger partial charge in [-0.25, -0.2) is 0 Å². The average Bonchev–Trinajstić information content (AvgIpc) is 3.33. The normalized spacial score (nSPS) is 27.9. The minimum absolute atomic E-state index is 0.0627. The predicted octanol–water partition coefficient (Wildman–Crippen LogP) is 2.70. The highest BCUT2D eigenvalue weighted by Crippen LogP contribution is 2.47.